The molecule has 2 aromatic carbocycles. The molecule has 0 radical (unpaired) electrons. The Hall–Kier alpha value is -3.35. The number of ether oxygens (including phenoxy) is 2. The Balaban J connectivity index is 1.36. The van der Waals surface area contributed by atoms with Gasteiger partial charge in [-0.25, -0.2) is 9.79 Å². The van der Waals surface area contributed by atoms with E-state index < -0.39 is 11.7 Å². The number of likely N-dealkylation sites (tertiary alicyclic amines) is 1. The second-order valence-corrected chi connectivity index (χ2v) is 10.2. The predicted octanol–water partition coefficient (Wildman–Crippen LogP) is 4.15. The molecule has 1 unspecified atom stereocenters. The Morgan fingerprint density at radius 2 is 1.60 bits per heavy atom. The minimum Gasteiger partial charge on any atom is -0.465 e. The molecule has 2 aromatic rings. The topological polar surface area (TPSA) is 80.2 Å². The monoisotopic (exact) mass is 477 g/mol. The summed E-state index contributed by atoms with van der Waals surface area (Å²) in [6.07, 6.45) is 1.58. The molecule has 2 aliphatic rings. The van der Waals surface area contributed by atoms with Gasteiger partial charge in [-0.05, 0) is 51.2 Å². The summed E-state index contributed by atoms with van der Waals surface area (Å²) in [7, 11) is 0. The third-order valence-electron chi connectivity index (χ3n) is 6.16. The molecule has 1 fully saturated rings. The number of carbonyl (C=O) groups is 2. The third-order valence-corrected chi connectivity index (χ3v) is 6.16. The molecule has 0 aromatic heterocycles. The van der Waals surface area contributed by atoms with Gasteiger partial charge in [0.15, 0.2) is 5.90 Å². The Kier molecular flexibility index (Phi) is 7.73. The molecule has 2 aliphatic heterocycles. The smallest absolute Gasteiger partial charge is 0.410 e. The Labute approximate surface area is 207 Å². The minimum absolute atomic E-state index is 0.0136. The lowest BCUT2D eigenvalue weighted by Crippen LogP contribution is -2.51. The number of hydrogen-bond donors (Lipinski definition) is 1. The van der Waals surface area contributed by atoms with Crippen LogP contribution in [0.25, 0.3) is 0 Å². The zero-order valence-electron chi connectivity index (χ0n) is 20.8. The minimum atomic E-state index is -0.669. The fourth-order valence-electron chi connectivity index (χ4n) is 4.42. The van der Waals surface area contributed by atoms with E-state index in [0.717, 1.165) is 11.1 Å². The quantitative estimate of drug-likeness (QED) is 0.678. The molecular weight excluding hydrogens is 442 g/mol. The van der Waals surface area contributed by atoms with E-state index in [-0.39, 0.29) is 24.1 Å². The molecule has 2 heterocycles. The van der Waals surface area contributed by atoms with E-state index in [9.17, 15) is 9.59 Å². The first-order valence-corrected chi connectivity index (χ1v) is 12.4. The van der Waals surface area contributed by atoms with Gasteiger partial charge in [-0.3, -0.25) is 4.79 Å². The molecule has 0 spiro atoms. The van der Waals surface area contributed by atoms with Crippen molar-refractivity contribution in [1.29, 1.82) is 0 Å². The maximum absolute atomic E-state index is 13.3. The van der Waals surface area contributed by atoms with E-state index in [2.05, 4.69) is 5.32 Å². The van der Waals surface area contributed by atoms with Gasteiger partial charge in [0.25, 0.3) is 5.91 Å². The van der Waals surface area contributed by atoms with Crippen molar-refractivity contribution in [2.75, 3.05) is 13.1 Å². The third kappa shape index (κ3) is 7.07. The van der Waals surface area contributed by atoms with Gasteiger partial charge in [-0.2, -0.15) is 0 Å². The van der Waals surface area contributed by atoms with Gasteiger partial charge >= 0.3 is 6.09 Å². The van der Waals surface area contributed by atoms with Crippen molar-refractivity contribution in [3.63, 3.8) is 0 Å². The number of hydrogen-bond acceptors (Lipinski definition) is 5. The molecule has 7 nitrogen and oxygen atoms in total. The molecule has 186 valence electrons. The number of piperidine rings is 1. The Bertz CT molecular complexity index is 1030. The predicted molar refractivity (Wildman–Crippen MR) is 135 cm³/mol. The number of nitrogens with zero attached hydrogens (tertiary/aromatic N) is 2. The van der Waals surface area contributed by atoms with Crippen molar-refractivity contribution in [3.8, 4) is 0 Å². The van der Waals surface area contributed by atoms with Crippen molar-refractivity contribution >= 4 is 17.9 Å². The van der Waals surface area contributed by atoms with E-state index in [1.54, 1.807) is 4.90 Å². The molecule has 0 aliphatic carbocycles. The number of aliphatic imine (C=N–C) groups is 1. The highest BCUT2D eigenvalue weighted by Crippen LogP contribution is 2.22. The van der Waals surface area contributed by atoms with Gasteiger partial charge < -0.3 is 19.7 Å². The summed E-state index contributed by atoms with van der Waals surface area (Å²) in [5.41, 5.74) is 1.70. The van der Waals surface area contributed by atoms with Gasteiger partial charge in [0.05, 0.1) is 0 Å². The number of nitrogens with one attached hydrogen (secondary N) is 1. The van der Waals surface area contributed by atoms with E-state index in [0.29, 0.717) is 44.7 Å². The first-order valence-electron chi connectivity index (χ1n) is 12.4. The molecule has 2 amide bonds. The molecule has 1 saturated heterocycles. The standard InChI is InChI=1S/C28H35N3O4/c1-28(2,3)35-27(33)31-16-14-22(15-17-31)29-26(32)25-23(18-20-10-6-4-7-11-20)30-24(34-25)19-21-12-8-5-9-13-21/h4-13,22-23,25H,14-19H2,1-3H3,(H,29,32)/t23-,25?/m0/s1. The Morgan fingerprint density at radius 1 is 1.00 bits per heavy atom. The molecule has 1 N–H and O–H groups in total. The first-order chi connectivity index (χ1) is 16.8. The zero-order chi connectivity index (χ0) is 24.8. The maximum Gasteiger partial charge on any atom is 0.410 e. The SMILES string of the molecule is CC(C)(C)OC(=O)N1CCC(NC(=O)C2OC(Cc3ccccc3)=N[C@H]2Cc2ccccc2)CC1. The van der Waals surface area contributed by atoms with Crippen LogP contribution in [0.5, 0.6) is 0 Å². The van der Waals surface area contributed by atoms with Crippen molar-refractivity contribution < 1.29 is 19.1 Å². The fraction of sp³-hybridized carbons (Fsp3) is 0.464. The first kappa shape index (κ1) is 24.8. The van der Waals surface area contributed by atoms with Crippen LogP contribution >= 0.6 is 0 Å². The van der Waals surface area contributed by atoms with Gasteiger partial charge in [-0.1, -0.05) is 60.7 Å². The van der Waals surface area contributed by atoms with Crippen LogP contribution in [0.2, 0.25) is 0 Å². The van der Waals surface area contributed by atoms with Crippen LogP contribution in [-0.2, 0) is 27.1 Å². The lowest BCUT2D eigenvalue weighted by atomic mass is 10.00. The molecule has 35 heavy (non-hydrogen) atoms. The van der Waals surface area contributed by atoms with Crippen LogP contribution in [0, 0.1) is 0 Å². The Morgan fingerprint density at radius 3 is 2.20 bits per heavy atom. The van der Waals surface area contributed by atoms with Crippen molar-refractivity contribution in [1.82, 2.24) is 10.2 Å². The number of benzene rings is 2. The van der Waals surface area contributed by atoms with Crippen molar-refractivity contribution in [3.05, 3.63) is 71.8 Å². The summed E-state index contributed by atoms with van der Waals surface area (Å²) < 4.78 is 11.6. The number of carbonyl (C=O) groups excluding carboxylic acids is 2. The number of amides is 2. The van der Waals surface area contributed by atoms with Crippen LogP contribution in [0.4, 0.5) is 4.79 Å². The highest BCUT2D eigenvalue weighted by Gasteiger charge is 2.38. The lowest BCUT2D eigenvalue weighted by molar-refractivity contribution is -0.129. The van der Waals surface area contributed by atoms with Crippen LogP contribution in [0.3, 0.4) is 0 Å². The van der Waals surface area contributed by atoms with E-state index in [1.165, 1.54) is 0 Å². The van der Waals surface area contributed by atoms with Gasteiger partial charge in [-0.15, -0.1) is 0 Å². The summed E-state index contributed by atoms with van der Waals surface area (Å²) >= 11 is 0. The van der Waals surface area contributed by atoms with Crippen LogP contribution in [0.1, 0.15) is 44.7 Å². The molecule has 7 heteroatoms. The van der Waals surface area contributed by atoms with Gasteiger partial charge in [0.2, 0.25) is 6.10 Å². The molecule has 2 atom stereocenters. The summed E-state index contributed by atoms with van der Waals surface area (Å²) in [5.74, 6) is 0.450. The lowest BCUT2D eigenvalue weighted by Gasteiger charge is -2.34. The van der Waals surface area contributed by atoms with Gasteiger partial charge in [0, 0.05) is 25.6 Å². The van der Waals surface area contributed by atoms with E-state index in [1.807, 2.05) is 81.4 Å². The number of rotatable bonds is 6. The highest BCUT2D eigenvalue weighted by atomic mass is 16.6. The second kappa shape index (κ2) is 10.9. The summed E-state index contributed by atoms with van der Waals surface area (Å²) in [6, 6.07) is 19.8. The fourth-order valence-corrected chi connectivity index (χ4v) is 4.42. The summed E-state index contributed by atoms with van der Waals surface area (Å²) in [5, 5.41) is 3.15. The normalized spacial score (nSPS) is 20.7. The average molecular weight is 478 g/mol. The largest absolute Gasteiger partial charge is 0.465 e. The summed E-state index contributed by atoms with van der Waals surface area (Å²) in [4.78, 5) is 32.2. The van der Waals surface area contributed by atoms with Crippen LogP contribution < -0.4 is 5.32 Å². The molecule has 0 saturated carbocycles. The second-order valence-electron chi connectivity index (χ2n) is 10.2. The van der Waals surface area contributed by atoms with Crippen LogP contribution in [0.15, 0.2) is 65.7 Å². The average Bonchev–Trinajstić information content (AvgIpc) is 3.22. The van der Waals surface area contributed by atoms with Crippen molar-refractivity contribution in [2.24, 2.45) is 4.99 Å². The zero-order valence-corrected chi connectivity index (χ0v) is 20.8. The maximum atomic E-state index is 13.3. The van der Waals surface area contributed by atoms with Crippen molar-refractivity contribution in [2.45, 2.75) is 70.2 Å². The molecule has 0 bridgehead atoms. The molecular formula is C28H35N3O4. The van der Waals surface area contributed by atoms with Gasteiger partial charge in [0.1, 0.15) is 11.6 Å². The van der Waals surface area contributed by atoms with Crippen LogP contribution in [-0.4, -0.2) is 59.7 Å². The highest BCUT2D eigenvalue weighted by molar-refractivity contribution is 5.89. The van der Waals surface area contributed by atoms with E-state index in [4.69, 9.17) is 14.5 Å². The molecule has 4 rings (SSSR count). The van der Waals surface area contributed by atoms with E-state index >= 15 is 0 Å². The summed E-state index contributed by atoms with van der Waals surface area (Å²) in [6.45, 7) is 6.68.